The minimum atomic E-state index is 0.525. The lowest BCUT2D eigenvalue weighted by Crippen LogP contribution is -1.98. The van der Waals surface area contributed by atoms with E-state index in [2.05, 4.69) is 10.9 Å². The molecule has 0 aliphatic rings. The van der Waals surface area contributed by atoms with Gasteiger partial charge in [-0.3, -0.25) is 4.40 Å². The van der Waals surface area contributed by atoms with Gasteiger partial charge in [-0.15, -0.1) is 12.3 Å². The fraction of sp³-hybridized carbons (Fsp3) is 0.167. The van der Waals surface area contributed by atoms with Crippen molar-refractivity contribution in [2.45, 2.75) is 20.0 Å². The first kappa shape index (κ1) is 13.3. The second-order valence-electron chi connectivity index (χ2n) is 4.87. The topological polar surface area (TPSA) is 26.5 Å². The molecule has 3 rings (SSSR count). The van der Waals surface area contributed by atoms with Crippen molar-refractivity contribution in [3.63, 3.8) is 0 Å². The van der Waals surface area contributed by atoms with Crippen LogP contribution in [0, 0.1) is 19.3 Å². The maximum Gasteiger partial charge on any atom is 0.180 e. The molecule has 0 atom stereocenters. The SMILES string of the molecule is C#CCc1c(C)nc2c(OCc3ccccc3)cccn12. The van der Waals surface area contributed by atoms with Crippen LogP contribution >= 0.6 is 0 Å². The van der Waals surface area contributed by atoms with Crippen LogP contribution in [-0.2, 0) is 13.0 Å². The molecule has 0 bridgehead atoms. The minimum Gasteiger partial charge on any atom is -0.485 e. The summed E-state index contributed by atoms with van der Waals surface area (Å²) in [6.07, 6.45) is 7.96. The maximum absolute atomic E-state index is 5.92. The van der Waals surface area contributed by atoms with Gasteiger partial charge in [-0.2, -0.15) is 0 Å². The highest BCUT2D eigenvalue weighted by atomic mass is 16.5. The fourth-order valence-electron chi connectivity index (χ4n) is 2.36. The van der Waals surface area contributed by atoms with E-state index in [0.29, 0.717) is 13.0 Å². The van der Waals surface area contributed by atoms with E-state index in [1.54, 1.807) is 0 Å². The Morgan fingerprint density at radius 2 is 2.00 bits per heavy atom. The highest BCUT2D eigenvalue weighted by Crippen LogP contribution is 2.23. The van der Waals surface area contributed by atoms with Crippen molar-refractivity contribution in [1.82, 2.24) is 9.38 Å². The number of aryl methyl sites for hydroxylation is 1. The minimum absolute atomic E-state index is 0.525. The van der Waals surface area contributed by atoms with Gasteiger partial charge in [0.1, 0.15) is 6.61 Å². The quantitative estimate of drug-likeness (QED) is 0.683. The van der Waals surface area contributed by atoms with Crippen LogP contribution in [0.25, 0.3) is 5.65 Å². The van der Waals surface area contributed by atoms with Crippen LogP contribution in [-0.4, -0.2) is 9.38 Å². The molecule has 2 heterocycles. The van der Waals surface area contributed by atoms with Crippen molar-refractivity contribution in [3.05, 3.63) is 65.6 Å². The van der Waals surface area contributed by atoms with Crippen molar-refractivity contribution in [3.8, 4) is 18.1 Å². The first-order chi connectivity index (χ1) is 10.3. The smallest absolute Gasteiger partial charge is 0.180 e. The van der Waals surface area contributed by atoms with Crippen molar-refractivity contribution < 1.29 is 4.74 Å². The average molecular weight is 276 g/mol. The molecule has 0 unspecified atom stereocenters. The number of benzene rings is 1. The first-order valence-electron chi connectivity index (χ1n) is 6.86. The third kappa shape index (κ3) is 2.61. The lowest BCUT2D eigenvalue weighted by atomic mass is 10.2. The van der Waals surface area contributed by atoms with Crippen LogP contribution in [0.4, 0.5) is 0 Å². The summed E-state index contributed by atoms with van der Waals surface area (Å²) < 4.78 is 7.93. The van der Waals surface area contributed by atoms with Crippen molar-refractivity contribution in [1.29, 1.82) is 0 Å². The van der Waals surface area contributed by atoms with Crippen LogP contribution in [0.3, 0.4) is 0 Å². The Morgan fingerprint density at radius 1 is 1.19 bits per heavy atom. The predicted octanol–water partition coefficient (Wildman–Crippen LogP) is 3.40. The molecule has 0 radical (unpaired) electrons. The zero-order chi connectivity index (χ0) is 14.7. The summed E-state index contributed by atoms with van der Waals surface area (Å²) in [5.74, 6) is 3.45. The normalized spacial score (nSPS) is 10.5. The molecule has 3 nitrogen and oxygen atoms in total. The van der Waals surface area contributed by atoms with Crippen LogP contribution in [0.1, 0.15) is 17.0 Å². The van der Waals surface area contributed by atoms with E-state index in [0.717, 1.165) is 28.3 Å². The number of fused-ring (bicyclic) bond motifs is 1. The van der Waals surface area contributed by atoms with Gasteiger partial charge >= 0.3 is 0 Å². The van der Waals surface area contributed by atoms with E-state index in [4.69, 9.17) is 11.2 Å². The van der Waals surface area contributed by atoms with Gasteiger partial charge in [-0.05, 0) is 24.6 Å². The summed E-state index contributed by atoms with van der Waals surface area (Å²) in [5.41, 5.74) is 3.93. The van der Waals surface area contributed by atoms with Gasteiger partial charge in [-0.25, -0.2) is 4.98 Å². The van der Waals surface area contributed by atoms with Gasteiger partial charge in [0, 0.05) is 6.20 Å². The first-order valence-corrected chi connectivity index (χ1v) is 6.86. The average Bonchev–Trinajstić information content (AvgIpc) is 2.83. The number of imidazole rings is 1. The number of nitrogens with zero attached hydrogens (tertiary/aromatic N) is 2. The van der Waals surface area contributed by atoms with E-state index < -0.39 is 0 Å². The Kier molecular flexibility index (Phi) is 3.61. The largest absolute Gasteiger partial charge is 0.485 e. The standard InChI is InChI=1S/C18H16N2O/c1-3-8-16-14(2)19-18-17(11-7-12-20(16)18)21-13-15-9-5-4-6-10-15/h1,4-7,9-12H,8,13H2,2H3. The summed E-state index contributed by atoms with van der Waals surface area (Å²) in [6, 6.07) is 14.0. The molecule has 0 fully saturated rings. The molecule has 0 aliphatic heterocycles. The van der Waals surface area contributed by atoms with E-state index in [1.165, 1.54) is 0 Å². The van der Waals surface area contributed by atoms with E-state index in [9.17, 15) is 0 Å². The molecule has 0 saturated heterocycles. The Bertz CT molecular complexity index is 797. The lowest BCUT2D eigenvalue weighted by molar-refractivity contribution is 0.308. The van der Waals surface area contributed by atoms with Crippen LogP contribution < -0.4 is 4.74 Å². The van der Waals surface area contributed by atoms with E-state index in [1.807, 2.05) is 60.0 Å². The zero-order valence-corrected chi connectivity index (χ0v) is 11.9. The second kappa shape index (κ2) is 5.72. The summed E-state index contributed by atoms with van der Waals surface area (Å²) in [4.78, 5) is 4.59. The molecule has 0 N–H and O–H groups in total. The molecule has 104 valence electrons. The predicted molar refractivity (Wildman–Crippen MR) is 83.2 cm³/mol. The van der Waals surface area contributed by atoms with Gasteiger partial charge in [0.05, 0.1) is 17.8 Å². The summed E-state index contributed by atoms with van der Waals surface area (Å²) in [5, 5.41) is 0. The van der Waals surface area contributed by atoms with Gasteiger partial charge in [0.25, 0.3) is 0 Å². The summed E-state index contributed by atoms with van der Waals surface area (Å²) >= 11 is 0. The molecule has 0 aliphatic carbocycles. The number of hydrogen-bond donors (Lipinski definition) is 0. The van der Waals surface area contributed by atoms with Crippen molar-refractivity contribution in [2.75, 3.05) is 0 Å². The van der Waals surface area contributed by atoms with Crippen LogP contribution in [0.15, 0.2) is 48.7 Å². The van der Waals surface area contributed by atoms with Gasteiger partial charge in [0.2, 0.25) is 0 Å². The van der Waals surface area contributed by atoms with E-state index in [-0.39, 0.29) is 0 Å². The summed E-state index contributed by atoms with van der Waals surface area (Å²) in [7, 11) is 0. The summed E-state index contributed by atoms with van der Waals surface area (Å²) in [6.45, 7) is 2.50. The molecule has 3 aromatic rings. The number of terminal acetylenes is 1. The van der Waals surface area contributed by atoms with Gasteiger partial charge < -0.3 is 4.74 Å². The molecule has 1 aromatic carbocycles. The Labute approximate surface area is 124 Å². The molecular weight excluding hydrogens is 260 g/mol. The highest BCUT2D eigenvalue weighted by Gasteiger charge is 2.11. The maximum atomic E-state index is 5.92. The highest BCUT2D eigenvalue weighted by molar-refractivity contribution is 5.56. The van der Waals surface area contributed by atoms with Gasteiger partial charge in [0.15, 0.2) is 11.4 Å². The number of ether oxygens (including phenoxy) is 1. The number of hydrogen-bond acceptors (Lipinski definition) is 2. The Hall–Kier alpha value is -2.73. The third-order valence-electron chi connectivity index (χ3n) is 3.42. The molecule has 0 saturated carbocycles. The zero-order valence-electron chi connectivity index (χ0n) is 11.9. The van der Waals surface area contributed by atoms with Crippen LogP contribution in [0.5, 0.6) is 5.75 Å². The third-order valence-corrected chi connectivity index (χ3v) is 3.42. The molecule has 2 aromatic heterocycles. The number of rotatable bonds is 4. The molecular formula is C18H16N2O. The molecule has 21 heavy (non-hydrogen) atoms. The van der Waals surface area contributed by atoms with Crippen molar-refractivity contribution >= 4 is 5.65 Å². The number of aromatic nitrogens is 2. The fourth-order valence-corrected chi connectivity index (χ4v) is 2.36. The Balaban J connectivity index is 1.93. The molecule has 3 heteroatoms. The van der Waals surface area contributed by atoms with Gasteiger partial charge in [-0.1, -0.05) is 30.3 Å². The monoisotopic (exact) mass is 276 g/mol. The number of pyridine rings is 1. The van der Waals surface area contributed by atoms with E-state index >= 15 is 0 Å². The molecule has 0 spiro atoms. The lowest BCUT2D eigenvalue weighted by Gasteiger charge is -2.08. The molecule has 0 amide bonds. The van der Waals surface area contributed by atoms with Crippen molar-refractivity contribution in [2.24, 2.45) is 0 Å². The second-order valence-corrected chi connectivity index (χ2v) is 4.87. The van der Waals surface area contributed by atoms with Crippen LogP contribution in [0.2, 0.25) is 0 Å². The Morgan fingerprint density at radius 3 is 2.76 bits per heavy atom.